The van der Waals surface area contributed by atoms with Crippen LogP contribution in [0.25, 0.3) is 76.1 Å². The molecule has 8 aromatic carbocycles. The highest BCUT2D eigenvalue weighted by molar-refractivity contribution is 6.29. The van der Waals surface area contributed by atoms with E-state index in [1.54, 1.807) is 18.2 Å². The third-order valence-corrected chi connectivity index (χ3v) is 9.72. The van der Waals surface area contributed by atoms with Gasteiger partial charge in [-0.2, -0.15) is 26.3 Å². The maximum atomic E-state index is 15.2. The highest BCUT2D eigenvalue weighted by Gasteiger charge is 2.79. The highest BCUT2D eigenvalue weighted by atomic mass is 19.3. The van der Waals surface area contributed by atoms with Crippen molar-refractivity contribution in [1.82, 2.24) is 0 Å². The number of halogens is 6. The molecule has 0 spiro atoms. The molecule has 0 radical (unpaired) electrons. The summed E-state index contributed by atoms with van der Waals surface area (Å²) in [6.07, 6.45) is 0. The van der Waals surface area contributed by atoms with E-state index in [9.17, 15) is 8.78 Å². The monoisotopic (exact) mass is 628 g/mol. The molecule has 0 aliphatic heterocycles. The largest absolute Gasteiger partial charge is 0.380 e. The molecule has 0 amide bonds. The normalized spacial score (nSPS) is 16.4. The Bertz CT molecular complexity index is 2570. The summed E-state index contributed by atoms with van der Waals surface area (Å²) < 4.78 is 90.1. The van der Waals surface area contributed by atoms with Crippen LogP contribution in [0.1, 0.15) is 11.1 Å². The average Bonchev–Trinajstić information content (AvgIpc) is 3.21. The van der Waals surface area contributed by atoms with Gasteiger partial charge in [-0.15, -0.1) is 0 Å². The van der Waals surface area contributed by atoms with Gasteiger partial charge >= 0.3 is 17.8 Å². The van der Waals surface area contributed by atoms with Crippen LogP contribution in [-0.2, 0) is 11.8 Å². The first-order valence-electron chi connectivity index (χ1n) is 15.2. The Hall–Kier alpha value is -5.36. The highest BCUT2D eigenvalue weighted by Crippen LogP contribution is 2.66. The van der Waals surface area contributed by atoms with Gasteiger partial charge in [0, 0.05) is 11.1 Å². The topological polar surface area (TPSA) is 0 Å². The standard InChI is InChI=1S/C41H22F6/c42-39(43)37-32-14-7-5-12-28(32)35-22-25(18-20-33(35)38(37)40(44,45)41(39,46)47)24-17-19-29-31-16-8-15-26(23-9-2-1-3-10-23)36(31)30-13-6-4-11-27(30)34(29)21-24/h1-22H. The summed E-state index contributed by atoms with van der Waals surface area (Å²) in [5.74, 6) is -15.7. The van der Waals surface area contributed by atoms with Gasteiger partial charge in [-0.05, 0) is 88.2 Å². The fourth-order valence-corrected chi connectivity index (χ4v) is 7.58. The molecular formula is C41H22F6. The Labute approximate surface area is 264 Å². The van der Waals surface area contributed by atoms with E-state index < -0.39 is 28.9 Å². The molecule has 0 N–H and O–H groups in total. The van der Waals surface area contributed by atoms with Crippen LogP contribution in [0.15, 0.2) is 133 Å². The van der Waals surface area contributed by atoms with Gasteiger partial charge in [0.05, 0.1) is 0 Å². The van der Waals surface area contributed by atoms with Crippen LogP contribution < -0.4 is 0 Å². The second kappa shape index (κ2) is 9.35. The van der Waals surface area contributed by atoms with E-state index in [-0.39, 0.29) is 21.5 Å². The van der Waals surface area contributed by atoms with Gasteiger partial charge < -0.3 is 0 Å². The van der Waals surface area contributed by atoms with Gasteiger partial charge in [0.1, 0.15) is 0 Å². The third kappa shape index (κ3) is 3.56. The maximum absolute atomic E-state index is 15.2. The van der Waals surface area contributed by atoms with Crippen molar-refractivity contribution in [3.8, 4) is 22.3 Å². The van der Waals surface area contributed by atoms with Crippen molar-refractivity contribution in [3.63, 3.8) is 0 Å². The summed E-state index contributed by atoms with van der Waals surface area (Å²) >= 11 is 0. The Morgan fingerprint density at radius 1 is 0.319 bits per heavy atom. The molecule has 0 heterocycles. The molecule has 6 heteroatoms. The van der Waals surface area contributed by atoms with Crippen LogP contribution in [0, 0.1) is 0 Å². The second-order valence-corrected chi connectivity index (χ2v) is 12.2. The van der Waals surface area contributed by atoms with Crippen LogP contribution in [0.4, 0.5) is 26.3 Å². The summed E-state index contributed by atoms with van der Waals surface area (Å²) in [6, 6.07) is 40.8. The maximum Gasteiger partial charge on any atom is 0.380 e. The molecular weight excluding hydrogens is 606 g/mol. The average molecular weight is 629 g/mol. The van der Waals surface area contributed by atoms with E-state index in [0.717, 1.165) is 49.0 Å². The van der Waals surface area contributed by atoms with E-state index in [4.69, 9.17) is 0 Å². The number of benzene rings is 8. The van der Waals surface area contributed by atoms with Gasteiger partial charge in [-0.1, -0.05) is 121 Å². The first-order chi connectivity index (χ1) is 22.6. The number of hydrogen-bond donors (Lipinski definition) is 0. The molecule has 47 heavy (non-hydrogen) atoms. The van der Waals surface area contributed by atoms with Gasteiger partial charge in [-0.3, -0.25) is 0 Å². The Balaban J connectivity index is 1.32. The molecule has 0 bridgehead atoms. The Kier molecular flexibility index (Phi) is 5.55. The Morgan fingerprint density at radius 3 is 1.36 bits per heavy atom. The lowest BCUT2D eigenvalue weighted by atomic mass is 9.87. The molecule has 9 rings (SSSR count). The predicted octanol–water partition coefficient (Wildman–Crippen LogP) is 12.6. The summed E-state index contributed by atoms with van der Waals surface area (Å²) in [7, 11) is 0. The van der Waals surface area contributed by atoms with E-state index in [2.05, 4.69) is 36.4 Å². The summed E-state index contributed by atoms with van der Waals surface area (Å²) in [5, 5.41) is 6.15. The zero-order chi connectivity index (χ0) is 32.3. The van der Waals surface area contributed by atoms with Crippen molar-refractivity contribution in [3.05, 3.63) is 145 Å². The number of fused-ring (bicyclic) bond motifs is 12. The lowest BCUT2D eigenvalue weighted by molar-refractivity contribution is -0.301. The van der Waals surface area contributed by atoms with Crippen LogP contribution >= 0.6 is 0 Å². The molecule has 0 fully saturated rings. The van der Waals surface area contributed by atoms with Crippen molar-refractivity contribution < 1.29 is 26.3 Å². The minimum Gasteiger partial charge on any atom is -0.194 e. The molecule has 0 nitrogen and oxygen atoms in total. The summed E-state index contributed by atoms with van der Waals surface area (Å²) in [5.41, 5.74) is 1.03. The zero-order valence-corrected chi connectivity index (χ0v) is 24.5. The predicted molar refractivity (Wildman–Crippen MR) is 178 cm³/mol. The summed E-state index contributed by atoms with van der Waals surface area (Å²) in [6.45, 7) is 0. The Morgan fingerprint density at radius 2 is 0.745 bits per heavy atom. The minimum atomic E-state index is -5.57. The zero-order valence-electron chi connectivity index (χ0n) is 24.5. The quantitative estimate of drug-likeness (QED) is 0.132. The molecule has 0 unspecified atom stereocenters. The van der Waals surface area contributed by atoms with E-state index in [1.165, 1.54) is 24.3 Å². The number of rotatable bonds is 2. The number of alkyl halides is 6. The van der Waals surface area contributed by atoms with Crippen LogP contribution in [0.3, 0.4) is 0 Å². The van der Waals surface area contributed by atoms with Crippen LogP contribution in [0.5, 0.6) is 0 Å². The van der Waals surface area contributed by atoms with Gasteiger partial charge in [0.2, 0.25) is 0 Å². The minimum absolute atomic E-state index is 0.209. The fourth-order valence-electron chi connectivity index (χ4n) is 7.58. The van der Waals surface area contributed by atoms with Crippen molar-refractivity contribution >= 4 is 53.9 Å². The van der Waals surface area contributed by atoms with Gasteiger partial charge in [0.25, 0.3) is 0 Å². The van der Waals surface area contributed by atoms with Crippen molar-refractivity contribution in [2.75, 3.05) is 0 Å². The molecule has 0 atom stereocenters. The number of hydrogen-bond acceptors (Lipinski definition) is 0. The second-order valence-electron chi connectivity index (χ2n) is 12.2. The first kappa shape index (κ1) is 27.9. The van der Waals surface area contributed by atoms with Crippen molar-refractivity contribution in [2.45, 2.75) is 17.8 Å². The fraction of sp³-hybridized carbons (Fsp3) is 0.0732. The van der Waals surface area contributed by atoms with Crippen LogP contribution in [-0.4, -0.2) is 5.92 Å². The SMILES string of the molecule is FC1(F)c2c(c3ccc(-c4ccc5c(c4)c4ccccc4c4c(-c6ccccc6)cccc54)cc3c3ccccc23)C(F)(F)C1(F)F. The summed E-state index contributed by atoms with van der Waals surface area (Å²) in [4.78, 5) is 0. The van der Waals surface area contributed by atoms with Crippen molar-refractivity contribution in [1.29, 1.82) is 0 Å². The van der Waals surface area contributed by atoms with Gasteiger partial charge in [0.15, 0.2) is 0 Å². The molecule has 8 aromatic rings. The smallest absolute Gasteiger partial charge is 0.194 e. The lowest BCUT2D eigenvalue weighted by Gasteiger charge is -2.23. The third-order valence-electron chi connectivity index (χ3n) is 9.72. The van der Waals surface area contributed by atoms with Crippen LogP contribution in [0.2, 0.25) is 0 Å². The molecule has 0 saturated heterocycles. The first-order valence-corrected chi connectivity index (χ1v) is 15.2. The van der Waals surface area contributed by atoms with E-state index in [1.807, 2.05) is 54.6 Å². The molecule has 1 aliphatic rings. The molecule has 228 valence electrons. The van der Waals surface area contributed by atoms with Crippen molar-refractivity contribution in [2.24, 2.45) is 0 Å². The lowest BCUT2D eigenvalue weighted by Crippen LogP contribution is -2.43. The van der Waals surface area contributed by atoms with E-state index >= 15 is 17.6 Å². The van der Waals surface area contributed by atoms with Gasteiger partial charge in [-0.25, -0.2) is 0 Å². The molecule has 0 aromatic heterocycles. The molecule has 1 aliphatic carbocycles. The van der Waals surface area contributed by atoms with E-state index in [0.29, 0.717) is 5.56 Å². The molecule has 0 saturated carbocycles.